The van der Waals surface area contributed by atoms with Crippen LogP contribution in [0.5, 0.6) is 0 Å². The Morgan fingerprint density at radius 3 is 2.53 bits per heavy atom. The first-order chi connectivity index (χ1) is 8.08. The van der Waals surface area contributed by atoms with Gasteiger partial charge in [-0.25, -0.2) is 0 Å². The molecule has 0 bridgehead atoms. The normalized spacial score (nSPS) is 11.9. The van der Waals surface area contributed by atoms with Crippen molar-refractivity contribution in [1.82, 2.24) is 0 Å². The van der Waals surface area contributed by atoms with Crippen LogP contribution in [0.2, 0.25) is 0 Å². The molecule has 1 amide bonds. The number of non-ortho nitro benzene ring substituents is 1. The summed E-state index contributed by atoms with van der Waals surface area (Å²) in [6.45, 7) is 0.0648. The van der Waals surface area contributed by atoms with Crippen molar-refractivity contribution in [2.45, 2.75) is 6.10 Å². The lowest BCUT2D eigenvalue weighted by molar-refractivity contribution is -0.384. The summed E-state index contributed by atoms with van der Waals surface area (Å²) >= 11 is 0. The van der Waals surface area contributed by atoms with Crippen molar-refractivity contribution in [2.24, 2.45) is 5.73 Å². The van der Waals surface area contributed by atoms with Gasteiger partial charge in [0.1, 0.15) is 6.10 Å². The fourth-order valence-corrected chi connectivity index (χ4v) is 1.20. The maximum atomic E-state index is 11.5. The van der Waals surface area contributed by atoms with Gasteiger partial charge in [-0.3, -0.25) is 14.9 Å². The number of hydrogen-bond acceptors (Lipinski definition) is 5. The molecule has 0 heterocycles. The molecule has 0 aliphatic carbocycles. The minimum absolute atomic E-state index is 0.0369. The molecule has 0 saturated heterocycles. The molecule has 0 aliphatic rings. The van der Waals surface area contributed by atoms with Gasteiger partial charge < -0.3 is 15.8 Å². The number of anilines is 1. The Kier molecular flexibility index (Phi) is 4.56. The number of nitrogens with zero attached hydrogens (tertiary/aromatic N) is 1. The van der Waals surface area contributed by atoms with Crippen LogP contribution in [0.3, 0.4) is 0 Å². The number of nitro benzene ring substituents is 1. The number of carbonyl (C=O) groups excluding carboxylic acids is 1. The Bertz CT molecular complexity index is 401. The SMILES string of the molecule is COC(CN)C(=O)Nc1ccc([N+](=O)[O-])cc1. The van der Waals surface area contributed by atoms with Crippen molar-refractivity contribution in [3.8, 4) is 0 Å². The van der Waals surface area contributed by atoms with E-state index in [-0.39, 0.29) is 18.1 Å². The van der Waals surface area contributed by atoms with E-state index in [9.17, 15) is 14.9 Å². The number of benzene rings is 1. The maximum Gasteiger partial charge on any atom is 0.269 e. The van der Waals surface area contributed by atoms with Gasteiger partial charge in [-0.1, -0.05) is 0 Å². The van der Waals surface area contributed by atoms with Crippen molar-refractivity contribution in [3.63, 3.8) is 0 Å². The lowest BCUT2D eigenvalue weighted by atomic mass is 10.2. The van der Waals surface area contributed by atoms with Crippen molar-refractivity contribution < 1.29 is 14.5 Å². The van der Waals surface area contributed by atoms with E-state index in [4.69, 9.17) is 10.5 Å². The first kappa shape index (κ1) is 13.1. The maximum absolute atomic E-state index is 11.5. The van der Waals surface area contributed by atoms with Crippen LogP contribution < -0.4 is 11.1 Å². The average Bonchev–Trinajstić information content (AvgIpc) is 2.31. The van der Waals surface area contributed by atoms with Crippen LogP contribution in [0, 0.1) is 10.1 Å². The van der Waals surface area contributed by atoms with Crippen molar-refractivity contribution in [1.29, 1.82) is 0 Å². The molecular weight excluding hydrogens is 226 g/mol. The second kappa shape index (κ2) is 5.92. The van der Waals surface area contributed by atoms with Crippen LogP contribution >= 0.6 is 0 Å². The fourth-order valence-electron chi connectivity index (χ4n) is 1.20. The number of hydrogen-bond donors (Lipinski definition) is 2. The standard InChI is InChI=1S/C10H13N3O4/c1-17-9(6-11)10(14)12-7-2-4-8(5-3-7)13(15)16/h2-5,9H,6,11H2,1H3,(H,12,14). The molecular formula is C10H13N3O4. The fraction of sp³-hybridized carbons (Fsp3) is 0.300. The van der Waals surface area contributed by atoms with E-state index in [1.807, 2.05) is 0 Å². The molecule has 7 heteroatoms. The van der Waals surface area contributed by atoms with Gasteiger partial charge in [0.25, 0.3) is 11.6 Å². The molecule has 1 atom stereocenters. The summed E-state index contributed by atoms with van der Waals surface area (Å²) in [5, 5.41) is 13.0. The van der Waals surface area contributed by atoms with Crippen LogP contribution in [0.25, 0.3) is 0 Å². The van der Waals surface area contributed by atoms with Gasteiger partial charge >= 0.3 is 0 Å². The number of nitrogens with two attached hydrogens (primary N) is 1. The predicted molar refractivity (Wildman–Crippen MR) is 61.6 cm³/mol. The van der Waals surface area contributed by atoms with Crippen LogP contribution in [-0.2, 0) is 9.53 Å². The van der Waals surface area contributed by atoms with Gasteiger partial charge in [0.05, 0.1) is 4.92 Å². The highest BCUT2D eigenvalue weighted by Crippen LogP contribution is 2.15. The molecule has 17 heavy (non-hydrogen) atoms. The molecule has 1 aromatic carbocycles. The van der Waals surface area contributed by atoms with Gasteiger partial charge in [0.2, 0.25) is 0 Å². The van der Waals surface area contributed by atoms with Gasteiger partial charge in [0, 0.05) is 31.5 Å². The second-order valence-corrected chi connectivity index (χ2v) is 3.25. The third-order valence-corrected chi connectivity index (χ3v) is 2.14. The predicted octanol–water partition coefficient (Wildman–Crippen LogP) is 0.507. The van der Waals surface area contributed by atoms with Gasteiger partial charge in [-0.15, -0.1) is 0 Å². The van der Waals surface area contributed by atoms with Gasteiger partial charge in [-0.2, -0.15) is 0 Å². The van der Waals surface area contributed by atoms with Crippen LogP contribution in [0.1, 0.15) is 0 Å². The Hall–Kier alpha value is -1.99. The lowest BCUT2D eigenvalue weighted by Gasteiger charge is -2.12. The average molecular weight is 239 g/mol. The molecule has 92 valence electrons. The zero-order valence-corrected chi connectivity index (χ0v) is 9.25. The van der Waals surface area contributed by atoms with E-state index in [1.54, 1.807) is 0 Å². The highest BCUT2D eigenvalue weighted by atomic mass is 16.6. The van der Waals surface area contributed by atoms with Gasteiger partial charge in [-0.05, 0) is 12.1 Å². The van der Waals surface area contributed by atoms with Crippen molar-refractivity contribution in [3.05, 3.63) is 34.4 Å². The summed E-state index contributed by atoms with van der Waals surface area (Å²) in [6.07, 6.45) is -0.731. The summed E-state index contributed by atoms with van der Waals surface area (Å²) in [5.74, 6) is -0.385. The molecule has 0 aliphatic heterocycles. The summed E-state index contributed by atoms with van der Waals surface area (Å²) in [5.41, 5.74) is 5.74. The van der Waals surface area contributed by atoms with Crippen LogP contribution in [-0.4, -0.2) is 30.6 Å². The van der Waals surface area contributed by atoms with E-state index >= 15 is 0 Å². The van der Waals surface area contributed by atoms with Crippen LogP contribution in [0.15, 0.2) is 24.3 Å². The Balaban J connectivity index is 2.69. The third-order valence-electron chi connectivity index (χ3n) is 2.14. The number of ether oxygens (including phenoxy) is 1. The zero-order chi connectivity index (χ0) is 12.8. The van der Waals surface area contributed by atoms with Crippen molar-refractivity contribution >= 4 is 17.3 Å². The third kappa shape index (κ3) is 3.51. The smallest absolute Gasteiger partial charge is 0.269 e. The number of rotatable bonds is 5. The molecule has 0 fully saturated rings. The van der Waals surface area contributed by atoms with Crippen molar-refractivity contribution in [2.75, 3.05) is 19.0 Å². The van der Waals surface area contributed by atoms with E-state index in [0.29, 0.717) is 5.69 Å². The summed E-state index contributed by atoms with van der Waals surface area (Å²) in [4.78, 5) is 21.5. The quantitative estimate of drug-likeness (QED) is 0.574. The highest BCUT2D eigenvalue weighted by molar-refractivity contribution is 5.94. The number of carbonyl (C=O) groups is 1. The minimum Gasteiger partial charge on any atom is -0.370 e. The topological polar surface area (TPSA) is 107 Å². The van der Waals surface area contributed by atoms with E-state index in [2.05, 4.69) is 5.32 Å². The zero-order valence-electron chi connectivity index (χ0n) is 9.25. The molecule has 0 aromatic heterocycles. The van der Waals surface area contributed by atoms with Crippen LogP contribution in [0.4, 0.5) is 11.4 Å². The summed E-state index contributed by atoms with van der Waals surface area (Å²) < 4.78 is 4.85. The molecule has 0 radical (unpaired) electrons. The number of amides is 1. The minimum atomic E-state index is -0.731. The molecule has 1 aromatic rings. The lowest BCUT2D eigenvalue weighted by Crippen LogP contribution is -2.35. The number of nitro groups is 1. The largest absolute Gasteiger partial charge is 0.370 e. The highest BCUT2D eigenvalue weighted by Gasteiger charge is 2.15. The summed E-state index contributed by atoms with van der Waals surface area (Å²) in [6, 6.07) is 5.50. The first-order valence-corrected chi connectivity index (χ1v) is 4.86. The van der Waals surface area contributed by atoms with Gasteiger partial charge in [0.15, 0.2) is 0 Å². The molecule has 0 saturated carbocycles. The second-order valence-electron chi connectivity index (χ2n) is 3.25. The van der Waals surface area contributed by atoms with E-state index in [0.717, 1.165) is 0 Å². The molecule has 1 rings (SSSR count). The first-order valence-electron chi connectivity index (χ1n) is 4.86. The van der Waals surface area contributed by atoms with E-state index < -0.39 is 11.0 Å². The number of nitrogens with one attached hydrogen (secondary N) is 1. The molecule has 3 N–H and O–H groups in total. The number of methoxy groups -OCH3 is 1. The molecule has 0 spiro atoms. The molecule has 1 unspecified atom stereocenters. The molecule has 7 nitrogen and oxygen atoms in total. The Morgan fingerprint density at radius 1 is 1.53 bits per heavy atom. The van der Waals surface area contributed by atoms with E-state index in [1.165, 1.54) is 31.4 Å². The monoisotopic (exact) mass is 239 g/mol. The Labute approximate surface area is 97.7 Å². The Morgan fingerprint density at radius 2 is 2.12 bits per heavy atom. The summed E-state index contributed by atoms with van der Waals surface area (Å²) in [7, 11) is 1.38.